The molecule has 9 heavy (non-hydrogen) atoms. The molecule has 0 aliphatic carbocycles. The third kappa shape index (κ3) is 1.61. The molecule has 0 atom stereocenters. The molecule has 0 aliphatic rings. The van der Waals surface area contributed by atoms with Gasteiger partial charge in [-0.1, -0.05) is 0 Å². The van der Waals surface area contributed by atoms with Crippen molar-refractivity contribution in [2.45, 2.75) is 13.5 Å². The molecule has 0 fully saturated rings. The molecule has 0 unspecified atom stereocenters. The van der Waals surface area contributed by atoms with Crippen molar-refractivity contribution in [3.63, 3.8) is 0 Å². The Kier molecular flexibility index (Phi) is 1.95. The highest BCUT2D eigenvalue weighted by Crippen LogP contribution is 2.07. The molecular formula is C6H8N2S. The average Bonchev–Trinajstić information content (AvgIpc) is 2.17. The van der Waals surface area contributed by atoms with Gasteiger partial charge in [-0.05, 0) is 13.6 Å². The van der Waals surface area contributed by atoms with Crippen molar-refractivity contribution >= 4 is 18.1 Å². The van der Waals surface area contributed by atoms with E-state index in [1.807, 2.05) is 12.3 Å². The summed E-state index contributed by atoms with van der Waals surface area (Å²) in [6, 6.07) is 0. The molecule has 1 aromatic rings. The van der Waals surface area contributed by atoms with E-state index in [1.54, 1.807) is 11.3 Å². The number of nitrogens with zero attached hydrogens (tertiary/aromatic N) is 2. The highest BCUT2D eigenvalue weighted by Gasteiger charge is 1.93. The van der Waals surface area contributed by atoms with Crippen molar-refractivity contribution in [3.8, 4) is 0 Å². The lowest BCUT2D eigenvalue weighted by Gasteiger charge is -1.82. The maximum atomic E-state index is 4.19. The zero-order valence-corrected chi connectivity index (χ0v) is 6.11. The zero-order valence-electron chi connectivity index (χ0n) is 5.29. The van der Waals surface area contributed by atoms with Crippen LogP contribution in [-0.2, 0) is 6.54 Å². The Bertz CT molecular complexity index is 205. The second-order valence-electron chi connectivity index (χ2n) is 1.74. The van der Waals surface area contributed by atoms with Gasteiger partial charge in [0.1, 0.15) is 0 Å². The summed E-state index contributed by atoms with van der Waals surface area (Å²) in [5.41, 5.74) is 1.02. The zero-order chi connectivity index (χ0) is 6.69. The Labute approximate surface area is 58.3 Å². The SMILES string of the molecule is C=NCc1csc(C)n1. The highest BCUT2D eigenvalue weighted by atomic mass is 32.1. The fraction of sp³-hybridized carbons (Fsp3) is 0.333. The molecule has 0 saturated carbocycles. The van der Waals surface area contributed by atoms with Crippen molar-refractivity contribution in [2.24, 2.45) is 4.99 Å². The molecule has 1 aromatic heterocycles. The molecule has 0 amide bonds. The lowest BCUT2D eigenvalue weighted by atomic mass is 10.5. The summed E-state index contributed by atoms with van der Waals surface area (Å²) in [6.45, 7) is 6.01. The molecule has 0 spiro atoms. The summed E-state index contributed by atoms with van der Waals surface area (Å²) >= 11 is 1.65. The number of aliphatic imine (C=N–C) groups is 1. The minimum Gasteiger partial charge on any atom is -0.295 e. The number of rotatable bonds is 2. The lowest BCUT2D eigenvalue weighted by molar-refractivity contribution is 1.01. The molecule has 48 valence electrons. The molecule has 0 aliphatic heterocycles. The van der Waals surface area contributed by atoms with Crippen LogP contribution in [0.25, 0.3) is 0 Å². The maximum Gasteiger partial charge on any atom is 0.0898 e. The number of aromatic nitrogens is 1. The minimum atomic E-state index is 0.643. The van der Waals surface area contributed by atoms with E-state index in [-0.39, 0.29) is 0 Å². The van der Waals surface area contributed by atoms with Gasteiger partial charge in [-0.25, -0.2) is 4.98 Å². The van der Waals surface area contributed by atoms with Crippen LogP contribution in [0.2, 0.25) is 0 Å². The molecule has 0 N–H and O–H groups in total. The second-order valence-corrected chi connectivity index (χ2v) is 2.80. The second kappa shape index (κ2) is 2.73. The van der Waals surface area contributed by atoms with Crippen LogP contribution in [0.15, 0.2) is 10.4 Å². The van der Waals surface area contributed by atoms with Gasteiger partial charge in [-0.3, -0.25) is 4.99 Å². The van der Waals surface area contributed by atoms with Crippen LogP contribution in [0.5, 0.6) is 0 Å². The molecule has 3 heteroatoms. The molecule has 0 aromatic carbocycles. The average molecular weight is 140 g/mol. The first-order valence-corrected chi connectivity index (χ1v) is 3.54. The summed E-state index contributed by atoms with van der Waals surface area (Å²) in [5.74, 6) is 0. The predicted octanol–water partition coefficient (Wildman–Crippen LogP) is 1.65. The van der Waals surface area contributed by atoms with Crippen LogP contribution < -0.4 is 0 Å². The van der Waals surface area contributed by atoms with Gasteiger partial charge in [-0.15, -0.1) is 11.3 Å². The van der Waals surface area contributed by atoms with Gasteiger partial charge in [0.2, 0.25) is 0 Å². The predicted molar refractivity (Wildman–Crippen MR) is 40.1 cm³/mol. The fourth-order valence-corrected chi connectivity index (χ4v) is 1.20. The Hall–Kier alpha value is -0.700. The van der Waals surface area contributed by atoms with Gasteiger partial charge in [0.15, 0.2) is 0 Å². The molecule has 0 saturated heterocycles. The van der Waals surface area contributed by atoms with E-state index in [4.69, 9.17) is 0 Å². The Morgan fingerprint density at radius 2 is 2.67 bits per heavy atom. The van der Waals surface area contributed by atoms with Crippen LogP contribution in [0.3, 0.4) is 0 Å². The van der Waals surface area contributed by atoms with E-state index in [0.717, 1.165) is 10.7 Å². The molecular weight excluding hydrogens is 132 g/mol. The Morgan fingerprint density at radius 1 is 1.89 bits per heavy atom. The summed E-state index contributed by atoms with van der Waals surface area (Å²) < 4.78 is 0. The van der Waals surface area contributed by atoms with E-state index in [2.05, 4.69) is 16.7 Å². The largest absolute Gasteiger partial charge is 0.295 e. The molecule has 2 nitrogen and oxygen atoms in total. The van der Waals surface area contributed by atoms with Gasteiger partial charge in [0.05, 0.1) is 17.2 Å². The van der Waals surface area contributed by atoms with Crippen LogP contribution >= 0.6 is 11.3 Å². The molecule has 1 rings (SSSR count). The third-order valence-corrected chi connectivity index (χ3v) is 1.76. The summed E-state index contributed by atoms with van der Waals surface area (Å²) in [7, 11) is 0. The summed E-state index contributed by atoms with van der Waals surface area (Å²) in [4.78, 5) is 7.90. The minimum absolute atomic E-state index is 0.643. The summed E-state index contributed by atoms with van der Waals surface area (Å²) in [5, 5.41) is 3.10. The van der Waals surface area contributed by atoms with E-state index in [9.17, 15) is 0 Å². The first-order valence-electron chi connectivity index (χ1n) is 2.66. The number of thiazole rings is 1. The van der Waals surface area contributed by atoms with E-state index < -0.39 is 0 Å². The van der Waals surface area contributed by atoms with Crippen molar-refractivity contribution in [1.29, 1.82) is 0 Å². The Balaban J connectivity index is 2.72. The van der Waals surface area contributed by atoms with Gasteiger partial charge in [0, 0.05) is 5.38 Å². The normalized spacial score (nSPS) is 9.44. The monoisotopic (exact) mass is 140 g/mol. The maximum absolute atomic E-state index is 4.19. The smallest absolute Gasteiger partial charge is 0.0898 e. The van der Waals surface area contributed by atoms with Crippen LogP contribution in [0, 0.1) is 6.92 Å². The highest BCUT2D eigenvalue weighted by molar-refractivity contribution is 7.09. The van der Waals surface area contributed by atoms with Gasteiger partial charge < -0.3 is 0 Å². The van der Waals surface area contributed by atoms with Crippen molar-refractivity contribution < 1.29 is 0 Å². The van der Waals surface area contributed by atoms with E-state index >= 15 is 0 Å². The molecule has 0 radical (unpaired) electrons. The van der Waals surface area contributed by atoms with Crippen LogP contribution in [-0.4, -0.2) is 11.7 Å². The number of hydrogen-bond donors (Lipinski definition) is 0. The first-order chi connectivity index (χ1) is 4.33. The van der Waals surface area contributed by atoms with Gasteiger partial charge in [-0.2, -0.15) is 0 Å². The first kappa shape index (κ1) is 6.42. The summed E-state index contributed by atoms with van der Waals surface area (Å²) in [6.07, 6.45) is 0. The fourth-order valence-electron chi connectivity index (χ4n) is 0.595. The number of aryl methyl sites for hydroxylation is 1. The van der Waals surface area contributed by atoms with E-state index in [1.165, 1.54) is 0 Å². The third-order valence-electron chi connectivity index (χ3n) is 0.940. The Morgan fingerprint density at radius 3 is 3.11 bits per heavy atom. The van der Waals surface area contributed by atoms with Crippen LogP contribution in [0.1, 0.15) is 10.7 Å². The quantitative estimate of drug-likeness (QED) is 0.573. The van der Waals surface area contributed by atoms with Crippen molar-refractivity contribution in [3.05, 3.63) is 16.1 Å². The van der Waals surface area contributed by atoms with Gasteiger partial charge in [0.25, 0.3) is 0 Å². The van der Waals surface area contributed by atoms with Crippen molar-refractivity contribution in [2.75, 3.05) is 0 Å². The topological polar surface area (TPSA) is 25.2 Å². The molecule has 1 heterocycles. The van der Waals surface area contributed by atoms with Gasteiger partial charge >= 0.3 is 0 Å². The standard InChI is InChI=1S/C6H8N2S/c1-5-8-6(3-7-2)4-9-5/h4H,2-3H2,1H3. The van der Waals surface area contributed by atoms with Crippen molar-refractivity contribution in [1.82, 2.24) is 4.98 Å². The molecule has 0 bridgehead atoms. The lowest BCUT2D eigenvalue weighted by Crippen LogP contribution is -1.78. The van der Waals surface area contributed by atoms with E-state index in [0.29, 0.717) is 6.54 Å². The number of hydrogen-bond acceptors (Lipinski definition) is 3. The van der Waals surface area contributed by atoms with Crippen LogP contribution in [0.4, 0.5) is 0 Å².